The van der Waals surface area contributed by atoms with Gasteiger partial charge in [-0.25, -0.2) is 4.68 Å². The molecule has 1 aliphatic heterocycles. The van der Waals surface area contributed by atoms with Gasteiger partial charge in [0.25, 0.3) is 0 Å². The Bertz CT molecular complexity index is 911. The second-order valence-corrected chi connectivity index (χ2v) is 7.18. The molecule has 2 heterocycles. The van der Waals surface area contributed by atoms with E-state index in [1.165, 1.54) is 0 Å². The van der Waals surface area contributed by atoms with Crippen LogP contribution in [0, 0.1) is 0 Å². The fourth-order valence-electron chi connectivity index (χ4n) is 2.87. The number of halogens is 1. The number of thioether (sulfide) groups is 1. The Hall–Kier alpha value is -1.92. The van der Waals surface area contributed by atoms with Crippen molar-refractivity contribution in [2.75, 3.05) is 12.5 Å². The van der Waals surface area contributed by atoms with Crippen LogP contribution in [0.2, 0.25) is 5.02 Å². The topological polar surface area (TPSA) is 52.0 Å². The summed E-state index contributed by atoms with van der Waals surface area (Å²) in [5, 5.41) is 12.3. The zero-order valence-electron chi connectivity index (χ0n) is 13.4. The first-order valence-corrected chi connectivity index (χ1v) is 9.10. The summed E-state index contributed by atoms with van der Waals surface area (Å²) in [6.45, 7) is 2.13. The van der Waals surface area contributed by atoms with Gasteiger partial charge in [0.1, 0.15) is 11.1 Å². The molecule has 1 atom stereocenters. The SMILES string of the molecule is CCCc1nnc2n1NC(c1cc3cc(OC)ccc3cc1Cl)S2. The molecule has 7 heteroatoms. The molecule has 1 aromatic heterocycles. The summed E-state index contributed by atoms with van der Waals surface area (Å²) in [6.07, 6.45) is 1.93. The van der Waals surface area contributed by atoms with E-state index in [0.717, 1.165) is 50.9 Å². The molecule has 4 rings (SSSR count). The highest BCUT2D eigenvalue weighted by Gasteiger charge is 2.28. The third kappa shape index (κ3) is 2.59. The molecule has 0 aliphatic carbocycles. The first-order chi connectivity index (χ1) is 11.7. The summed E-state index contributed by atoms with van der Waals surface area (Å²) in [5.74, 6) is 1.80. The highest BCUT2D eigenvalue weighted by molar-refractivity contribution is 7.99. The van der Waals surface area contributed by atoms with Gasteiger partial charge in [-0.15, -0.1) is 10.2 Å². The van der Waals surface area contributed by atoms with Crippen molar-refractivity contribution in [1.29, 1.82) is 0 Å². The number of aromatic nitrogens is 3. The Morgan fingerprint density at radius 1 is 1.25 bits per heavy atom. The summed E-state index contributed by atoms with van der Waals surface area (Å²) < 4.78 is 7.30. The average molecular weight is 361 g/mol. The van der Waals surface area contributed by atoms with Gasteiger partial charge < -0.3 is 10.2 Å². The van der Waals surface area contributed by atoms with E-state index < -0.39 is 0 Å². The van der Waals surface area contributed by atoms with E-state index in [2.05, 4.69) is 28.6 Å². The average Bonchev–Trinajstić information content (AvgIpc) is 3.16. The lowest BCUT2D eigenvalue weighted by atomic mass is 10.1. The van der Waals surface area contributed by atoms with Crippen molar-refractivity contribution in [3.63, 3.8) is 0 Å². The molecule has 0 radical (unpaired) electrons. The Balaban J connectivity index is 1.70. The number of nitrogens with zero attached hydrogens (tertiary/aromatic N) is 3. The fraction of sp³-hybridized carbons (Fsp3) is 0.294. The van der Waals surface area contributed by atoms with Gasteiger partial charge in [-0.05, 0) is 41.5 Å². The van der Waals surface area contributed by atoms with E-state index in [1.54, 1.807) is 18.9 Å². The van der Waals surface area contributed by atoms with Crippen LogP contribution in [0.1, 0.15) is 30.1 Å². The van der Waals surface area contributed by atoms with Crippen LogP contribution >= 0.6 is 23.4 Å². The van der Waals surface area contributed by atoms with E-state index in [-0.39, 0.29) is 5.37 Å². The minimum absolute atomic E-state index is 0.0224. The molecule has 0 saturated heterocycles. The molecule has 0 fully saturated rings. The third-order valence-electron chi connectivity index (χ3n) is 4.09. The van der Waals surface area contributed by atoms with Crippen molar-refractivity contribution in [2.45, 2.75) is 30.3 Å². The number of methoxy groups -OCH3 is 1. The molecule has 3 aromatic rings. The normalized spacial score (nSPS) is 16.2. The zero-order valence-corrected chi connectivity index (χ0v) is 15.0. The lowest BCUT2D eigenvalue weighted by Gasteiger charge is -2.15. The lowest BCUT2D eigenvalue weighted by molar-refractivity contribution is 0.415. The summed E-state index contributed by atoms with van der Waals surface area (Å²) >= 11 is 8.17. The van der Waals surface area contributed by atoms with Crippen LogP contribution in [0.3, 0.4) is 0 Å². The van der Waals surface area contributed by atoms with Crippen LogP contribution in [-0.4, -0.2) is 22.0 Å². The second-order valence-electron chi connectivity index (χ2n) is 5.70. The van der Waals surface area contributed by atoms with Gasteiger partial charge in [0, 0.05) is 17.0 Å². The monoisotopic (exact) mass is 360 g/mol. The van der Waals surface area contributed by atoms with Crippen LogP contribution in [0.15, 0.2) is 35.5 Å². The predicted octanol–water partition coefficient (Wildman–Crippen LogP) is 4.39. The molecule has 0 spiro atoms. The predicted molar refractivity (Wildman–Crippen MR) is 97.5 cm³/mol. The highest BCUT2D eigenvalue weighted by Crippen LogP contribution is 2.42. The van der Waals surface area contributed by atoms with Crippen molar-refractivity contribution in [3.05, 3.63) is 46.7 Å². The Labute approximate surface area is 149 Å². The zero-order chi connectivity index (χ0) is 16.7. The quantitative estimate of drug-likeness (QED) is 0.747. The van der Waals surface area contributed by atoms with Gasteiger partial charge >= 0.3 is 0 Å². The Morgan fingerprint density at radius 3 is 2.92 bits per heavy atom. The number of fused-ring (bicyclic) bond motifs is 2. The number of nitrogens with one attached hydrogen (secondary N) is 1. The maximum atomic E-state index is 6.54. The van der Waals surface area contributed by atoms with Gasteiger partial charge in [0.05, 0.1) is 7.11 Å². The molecule has 124 valence electrons. The van der Waals surface area contributed by atoms with E-state index >= 15 is 0 Å². The van der Waals surface area contributed by atoms with E-state index in [0.29, 0.717) is 0 Å². The van der Waals surface area contributed by atoms with Gasteiger partial charge in [0.15, 0.2) is 5.82 Å². The first-order valence-electron chi connectivity index (χ1n) is 7.84. The largest absolute Gasteiger partial charge is 0.497 e. The van der Waals surface area contributed by atoms with Gasteiger partial charge in [-0.1, -0.05) is 36.4 Å². The maximum absolute atomic E-state index is 6.54. The fourth-order valence-corrected chi connectivity index (χ4v) is 4.26. The molecule has 1 unspecified atom stereocenters. The summed E-state index contributed by atoms with van der Waals surface area (Å²) in [5.41, 5.74) is 4.49. The lowest BCUT2D eigenvalue weighted by Crippen LogP contribution is -2.15. The van der Waals surface area contributed by atoms with E-state index in [1.807, 2.05) is 28.9 Å². The molecule has 0 amide bonds. The third-order valence-corrected chi connectivity index (χ3v) is 5.49. The first kappa shape index (κ1) is 15.6. The number of hydrogen-bond acceptors (Lipinski definition) is 5. The minimum Gasteiger partial charge on any atom is -0.497 e. The number of ether oxygens (including phenoxy) is 1. The van der Waals surface area contributed by atoms with Crippen molar-refractivity contribution < 1.29 is 4.74 Å². The van der Waals surface area contributed by atoms with Crippen molar-refractivity contribution in [2.24, 2.45) is 0 Å². The maximum Gasteiger partial charge on any atom is 0.212 e. The molecular weight excluding hydrogens is 344 g/mol. The number of hydrogen-bond donors (Lipinski definition) is 1. The minimum atomic E-state index is 0.0224. The van der Waals surface area contributed by atoms with Crippen molar-refractivity contribution >= 4 is 34.1 Å². The molecule has 0 saturated carbocycles. The van der Waals surface area contributed by atoms with Gasteiger partial charge in [-0.3, -0.25) is 0 Å². The summed E-state index contributed by atoms with van der Waals surface area (Å²) in [7, 11) is 1.67. The molecule has 2 aromatic carbocycles. The Kier molecular flexibility index (Phi) is 4.02. The molecule has 5 nitrogen and oxygen atoms in total. The molecule has 1 N–H and O–H groups in total. The van der Waals surface area contributed by atoms with Crippen molar-refractivity contribution in [3.8, 4) is 5.75 Å². The van der Waals surface area contributed by atoms with Crippen LogP contribution in [0.4, 0.5) is 0 Å². The van der Waals surface area contributed by atoms with Crippen molar-refractivity contribution in [1.82, 2.24) is 14.9 Å². The Morgan fingerprint density at radius 2 is 2.12 bits per heavy atom. The number of rotatable bonds is 4. The summed E-state index contributed by atoms with van der Waals surface area (Å²) in [6, 6.07) is 10.1. The van der Waals surface area contributed by atoms with Gasteiger partial charge in [-0.2, -0.15) is 0 Å². The molecular formula is C17H17ClN4OS. The highest BCUT2D eigenvalue weighted by atomic mass is 35.5. The van der Waals surface area contributed by atoms with E-state index in [9.17, 15) is 0 Å². The van der Waals surface area contributed by atoms with Crippen LogP contribution < -0.4 is 10.2 Å². The molecule has 0 bridgehead atoms. The standard InChI is InChI=1S/C17H17ClN4OS/c1-3-4-15-19-20-17-22(15)21-16(24-17)13-8-11-7-12(23-2)6-5-10(11)9-14(13)18/h5-9,16,21H,3-4H2,1-2H3. The number of benzene rings is 2. The van der Waals surface area contributed by atoms with Crippen LogP contribution in [0.25, 0.3) is 10.8 Å². The van der Waals surface area contributed by atoms with E-state index in [4.69, 9.17) is 16.3 Å². The number of aryl methyl sites for hydroxylation is 1. The van der Waals surface area contributed by atoms with Crippen LogP contribution in [0.5, 0.6) is 5.75 Å². The van der Waals surface area contributed by atoms with Crippen LogP contribution in [-0.2, 0) is 6.42 Å². The van der Waals surface area contributed by atoms with Gasteiger partial charge in [0.2, 0.25) is 5.16 Å². The molecule has 24 heavy (non-hydrogen) atoms. The smallest absolute Gasteiger partial charge is 0.212 e. The molecule has 1 aliphatic rings. The second kappa shape index (κ2) is 6.18. The summed E-state index contributed by atoms with van der Waals surface area (Å²) in [4.78, 5) is 0.